The number of benzene rings is 1. The predicted octanol–water partition coefficient (Wildman–Crippen LogP) is 1.22. The van der Waals surface area contributed by atoms with Gasteiger partial charge >= 0.3 is 0 Å². The summed E-state index contributed by atoms with van der Waals surface area (Å²) in [5, 5.41) is 3.16. The van der Waals surface area contributed by atoms with Crippen molar-refractivity contribution in [3.05, 3.63) is 54.1 Å². The Morgan fingerprint density at radius 2 is 2.16 bits per heavy atom. The van der Waals surface area contributed by atoms with Crippen molar-refractivity contribution in [1.82, 2.24) is 19.8 Å². The van der Waals surface area contributed by atoms with E-state index in [1.807, 2.05) is 30.6 Å². The molecule has 132 valence electrons. The summed E-state index contributed by atoms with van der Waals surface area (Å²) in [6.45, 7) is 3.75. The van der Waals surface area contributed by atoms with Crippen molar-refractivity contribution in [1.29, 1.82) is 0 Å². The predicted molar refractivity (Wildman–Crippen MR) is 93.9 cm³/mol. The van der Waals surface area contributed by atoms with Crippen LogP contribution in [-0.2, 0) is 29.0 Å². The number of amides is 1. The van der Waals surface area contributed by atoms with Crippen molar-refractivity contribution >= 4 is 5.91 Å². The zero-order chi connectivity index (χ0) is 17.1. The second-order valence-corrected chi connectivity index (χ2v) is 6.82. The van der Waals surface area contributed by atoms with E-state index in [1.165, 1.54) is 5.56 Å². The van der Waals surface area contributed by atoms with Gasteiger partial charge in [-0.05, 0) is 12.0 Å². The summed E-state index contributed by atoms with van der Waals surface area (Å²) < 4.78 is 7.85. The molecule has 0 bridgehead atoms. The van der Waals surface area contributed by atoms with Gasteiger partial charge in [0.15, 0.2) is 0 Å². The molecule has 1 saturated heterocycles. The summed E-state index contributed by atoms with van der Waals surface area (Å²) in [5.74, 6) is 1.11. The van der Waals surface area contributed by atoms with Gasteiger partial charge < -0.3 is 14.6 Å². The topological polar surface area (TPSA) is 59.4 Å². The van der Waals surface area contributed by atoms with E-state index in [1.54, 1.807) is 0 Å². The van der Waals surface area contributed by atoms with Gasteiger partial charge in [0, 0.05) is 51.0 Å². The first-order chi connectivity index (χ1) is 12.3. The average molecular weight is 340 g/mol. The Morgan fingerprint density at radius 3 is 3.04 bits per heavy atom. The van der Waals surface area contributed by atoms with Crippen molar-refractivity contribution in [3.63, 3.8) is 0 Å². The molecule has 3 heterocycles. The SMILES string of the molecule is O=C(N[C@H]1CCc2nccn2C1)[C@@H]1CN(Cc2ccccc2)CCO1. The van der Waals surface area contributed by atoms with E-state index in [0.29, 0.717) is 13.2 Å². The van der Waals surface area contributed by atoms with Crippen LogP contribution in [0.5, 0.6) is 0 Å². The minimum absolute atomic E-state index is 0.00586. The van der Waals surface area contributed by atoms with Crippen molar-refractivity contribution in [2.45, 2.75) is 38.1 Å². The first-order valence-electron chi connectivity index (χ1n) is 8.96. The largest absolute Gasteiger partial charge is 0.366 e. The van der Waals surface area contributed by atoms with Crippen LogP contribution in [0.4, 0.5) is 0 Å². The number of hydrogen-bond acceptors (Lipinski definition) is 4. The fraction of sp³-hybridized carbons (Fsp3) is 0.474. The Kier molecular flexibility index (Phi) is 4.81. The number of morpholine rings is 1. The second-order valence-electron chi connectivity index (χ2n) is 6.82. The van der Waals surface area contributed by atoms with E-state index in [2.05, 4.69) is 31.9 Å². The molecule has 0 saturated carbocycles. The molecule has 1 N–H and O–H groups in total. The number of hydrogen-bond donors (Lipinski definition) is 1. The van der Waals surface area contributed by atoms with Gasteiger partial charge in [0.25, 0.3) is 5.91 Å². The summed E-state index contributed by atoms with van der Waals surface area (Å²) >= 11 is 0. The monoisotopic (exact) mass is 340 g/mol. The van der Waals surface area contributed by atoms with Crippen LogP contribution in [0.25, 0.3) is 0 Å². The van der Waals surface area contributed by atoms with Gasteiger partial charge in [-0.3, -0.25) is 9.69 Å². The Morgan fingerprint density at radius 1 is 1.28 bits per heavy atom. The lowest BCUT2D eigenvalue weighted by molar-refractivity contribution is -0.139. The zero-order valence-electron chi connectivity index (χ0n) is 14.3. The molecule has 0 unspecified atom stereocenters. The van der Waals surface area contributed by atoms with E-state index in [0.717, 1.165) is 38.3 Å². The van der Waals surface area contributed by atoms with Gasteiger partial charge in [0.1, 0.15) is 11.9 Å². The molecule has 0 radical (unpaired) electrons. The van der Waals surface area contributed by atoms with E-state index in [4.69, 9.17) is 4.74 Å². The van der Waals surface area contributed by atoms with Crippen LogP contribution in [0.1, 0.15) is 17.8 Å². The third-order valence-corrected chi connectivity index (χ3v) is 4.97. The first-order valence-corrected chi connectivity index (χ1v) is 8.96. The molecule has 1 fully saturated rings. The van der Waals surface area contributed by atoms with Crippen molar-refractivity contribution in [2.75, 3.05) is 19.7 Å². The zero-order valence-corrected chi connectivity index (χ0v) is 14.3. The maximum absolute atomic E-state index is 12.6. The number of imidazole rings is 1. The minimum Gasteiger partial charge on any atom is -0.366 e. The lowest BCUT2D eigenvalue weighted by Gasteiger charge is -2.33. The second kappa shape index (κ2) is 7.37. The molecule has 1 amide bonds. The van der Waals surface area contributed by atoms with Crippen LogP contribution in [-0.4, -0.2) is 52.2 Å². The van der Waals surface area contributed by atoms with Gasteiger partial charge in [-0.1, -0.05) is 30.3 Å². The van der Waals surface area contributed by atoms with Crippen LogP contribution >= 0.6 is 0 Å². The highest BCUT2D eigenvalue weighted by Crippen LogP contribution is 2.15. The molecule has 1 aromatic heterocycles. The molecule has 6 nitrogen and oxygen atoms in total. The highest BCUT2D eigenvalue weighted by Gasteiger charge is 2.29. The van der Waals surface area contributed by atoms with Gasteiger partial charge in [-0.2, -0.15) is 0 Å². The number of carbonyl (C=O) groups excluding carboxylic acids is 1. The summed E-state index contributed by atoms with van der Waals surface area (Å²) in [6.07, 6.45) is 5.26. The van der Waals surface area contributed by atoms with E-state index >= 15 is 0 Å². The van der Waals surface area contributed by atoms with Gasteiger partial charge in [-0.15, -0.1) is 0 Å². The highest BCUT2D eigenvalue weighted by atomic mass is 16.5. The molecular formula is C19H24N4O2. The Balaban J connectivity index is 1.31. The maximum Gasteiger partial charge on any atom is 0.250 e. The van der Waals surface area contributed by atoms with Crippen LogP contribution < -0.4 is 5.32 Å². The van der Waals surface area contributed by atoms with Gasteiger partial charge in [-0.25, -0.2) is 4.98 Å². The third kappa shape index (κ3) is 3.91. The Bertz CT molecular complexity index is 715. The molecule has 4 rings (SSSR count). The van der Waals surface area contributed by atoms with Crippen molar-refractivity contribution in [3.8, 4) is 0 Å². The van der Waals surface area contributed by atoms with Crippen molar-refractivity contribution in [2.24, 2.45) is 0 Å². The molecule has 0 spiro atoms. The number of nitrogens with one attached hydrogen (secondary N) is 1. The summed E-state index contributed by atoms with van der Waals surface area (Å²) in [5.41, 5.74) is 1.27. The van der Waals surface area contributed by atoms with E-state index in [9.17, 15) is 4.79 Å². The smallest absolute Gasteiger partial charge is 0.250 e. The van der Waals surface area contributed by atoms with E-state index in [-0.39, 0.29) is 18.1 Å². The van der Waals surface area contributed by atoms with Crippen molar-refractivity contribution < 1.29 is 9.53 Å². The fourth-order valence-electron chi connectivity index (χ4n) is 3.62. The fourth-order valence-corrected chi connectivity index (χ4v) is 3.62. The van der Waals surface area contributed by atoms with Gasteiger partial charge in [0.2, 0.25) is 0 Å². The summed E-state index contributed by atoms with van der Waals surface area (Å²) in [7, 11) is 0. The molecule has 0 aliphatic carbocycles. The summed E-state index contributed by atoms with van der Waals surface area (Å²) in [4.78, 5) is 19.2. The molecule has 1 aromatic carbocycles. The lowest BCUT2D eigenvalue weighted by atomic mass is 10.1. The van der Waals surface area contributed by atoms with Crippen LogP contribution in [0.3, 0.4) is 0 Å². The number of aromatic nitrogens is 2. The van der Waals surface area contributed by atoms with Crippen LogP contribution in [0.15, 0.2) is 42.7 Å². The molecule has 25 heavy (non-hydrogen) atoms. The van der Waals surface area contributed by atoms with Crippen LogP contribution in [0, 0.1) is 0 Å². The minimum atomic E-state index is -0.387. The number of carbonyl (C=O) groups is 1. The first kappa shape index (κ1) is 16.3. The number of fused-ring (bicyclic) bond motifs is 1. The van der Waals surface area contributed by atoms with Crippen LogP contribution in [0.2, 0.25) is 0 Å². The normalized spacial score (nSPS) is 23.8. The van der Waals surface area contributed by atoms with E-state index < -0.39 is 0 Å². The Labute approximate surface area is 147 Å². The molecule has 2 aliphatic heterocycles. The lowest BCUT2D eigenvalue weighted by Crippen LogP contribution is -2.52. The summed E-state index contributed by atoms with van der Waals surface area (Å²) in [6, 6.07) is 10.5. The quantitative estimate of drug-likeness (QED) is 0.909. The number of nitrogens with zero attached hydrogens (tertiary/aromatic N) is 3. The molecule has 6 heteroatoms. The standard InChI is InChI=1S/C19H24N4O2/c24-19(21-16-6-7-18-20-8-9-23(18)13-16)17-14-22(10-11-25-17)12-15-4-2-1-3-5-15/h1-5,8-9,16-17H,6-7,10-14H2,(H,21,24)/t16-,17-/m0/s1. The highest BCUT2D eigenvalue weighted by molar-refractivity contribution is 5.81. The molecular weight excluding hydrogens is 316 g/mol. The Hall–Kier alpha value is -2.18. The van der Waals surface area contributed by atoms with Gasteiger partial charge in [0.05, 0.1) is 6.61 Å². The molecule has 2 aliphatic rings. The average Bonchev–Trinajstić information content (AvgIpc) is 3.10. The third-order valence-electron chi connectivity index (χ3n) is 4.97. The molecule has 2 atom stereocenters. The maximum atomic E-state index is 12.6. The number of aryl methyl sites for hydroxylation is 1. The number of ether oxygens (including phenoxy) is 1. The number of rotatable bonds is 4. The molecule has 2 aromatic rings.